The van der Waals surface area contributed by atoms with Gasteiger partial charge >= 0.3 is 0 Å². The van der Waals surface area contributed by atoms with Gasteiger partial charge in [-0.05, 0) is 30.3 Å². The van der Waals surface area contributed by atoms with Gasteiger partial charge in [-0.2, -0.15) is 9.57 Å². The third-order valence-electron chi connectivity index (χ3n) is 4.07. The molecule has 0 fully saturated rings. The number of aromatic amines is 1. The molecule has 0 amide bonds. The van der Waals surface area contributed by atoms with Crippen molar-refractivity contribution in [3.05, 3.63) is 47.9 Å². The topological polar surface area (TPSA) is 103 Å². The van der Waals surface area contributed by atoms with E-state index in [0.717, 1.165) is 10.9 Å². The molecule has 27 heavy (non-hydrogen) atoms. The Kier molecular flexibility index (Phi) is 5.79. The maximum atomic E-state index is 12.7. The summed E-state index contributed by atoms with van der Waals surface area (Å²) in [7, 11) is -3.51. The van der Waals surface area contributed by atoms with Crippen LogP contribution in [0.25, 0.3) is 11.0 Å². The highest BCUT2D eigenvalue weighted by Crippen LogP contribution is 2.24. The second-order valence-electron chi connectivity index (χ2n) is 5.74. The largest absolute Gasteiger partial charge is 0.341 e. The fourth-order valence-corrected chi connectivity index (χ4v) is 4.93. The monoisotopic (exact) mass is 401 g/mol. The lowest BCUT2D eigenvalue weighted by atomic mass is 10.3. The second-order valence-corrected chi connectivity index (χ2v) is 8.67. The predicted molar refractivity (Wildman–Crippen MR) is 105 cm³/mol. The zero-order valence-electron chi connectivity index (χ0n) is 15.0. The summed E-state index contributed by atoms with van der Waals surface area (Å²) in [6, 6.07) is 10.4. The molecule has 0 radical (unpaired) electrons. The van der Waals surface area contributed by atoms with Gasteiger partial charge in [0.1, 0.15) is 5.82 Å². The Balaban J connectivity index is 1.82. The average Bonchev–Trinajstić information content (AvgIpc) is 3.09. The summed E-state index contributed by atoms with van der Waals surface area (Å²) in [6.07, 6.45) is 1.60. The minimum absolute atomic E-state index is 0.255. The van der Waals surface area contributed by atoms with Gasteiger partial charge in [-0.3, -0.25) is 0 Å². The molecule has 0 atom stereocenters. The van der Waals surface area contributed by atoms with Gasteiger partial charge in [0.2, 0.25) is 10.0 Å². The number of hydrogen-bond donors (Lipinski definition) is 1. The van der Waals surface area contributed by atoms with Crippen LogP contribution in [0, 0.1) is 11.3 Å². The molecule has 140 valence electrons. The van der Waals surface area contributed by atoms with E-state index in [2.05, 4.69) is 21.0 Å². The third-order valence-corrected chi connectivity index (χ3v) is 7.05. The van der Waals surface area contributed by atoms with Crippen LogP contribution in [0.3, 0.4) is 0 Å². The number of nitrogens with one attached hydrogen (secondary N) is 1. The predicted octanol–water partition coefficient (Wildman–Crippen LogP) is 3.15. The van der Waals surface area contributed by atoms with E-state index in [1.807, 2.05) is 13.8 Å². The number of nitriles is 1. The fourth-order valence-electron chi connectivity index (χ4n) is 2.68. The highest BCUT2D eigenvalue weighted by molar-refractivity contribution is 7.98. The zero-order valence-corrected chi connectivity index (χ0v) is 16.6. The van der Waals surface area contributed by atoms with E-state index in [1.165, 1.54) is 16.1 Å². The van der Waals surface area contributed by atoms with Crippen molar-refractivity contribution in [1.29, 1.82) is 5.26 Å². The number of nitrogens with zero attached hydrogens (tertiary/aromatic N) is 4. The number of aromatic nitrogens is 3. The molecule has 0 bridgehead atoms. The van der Waals surface area contributed by atoms with E-state index in [9.17, 15) is 8.42 Å². The SMILES string of the molecule is CCN(CC)S(=O)(=O)c1ccc2nc(CSc3cc(C#N)ccn3)[nH]c2c1. The van der Waals surface area contributed by atoms with Gasteiger partial charge in [-0.1, -0.05) is 25.6 Å². The zero-order chi connectivity index (χ0) is 19.4. The van der Waals surface area contributed by atoms with E-state index < -0.39 is 10.0 Å². The number of fused-ring (bicyclic) bond motifs is 1. The van der Waals surface area contributed by atoms with Crippen molar-refractivity contribution >= 4 is 32.8 Å². The van der Waals surface area contributed by atoms with Crippen LogP contribution in [-0.4, -0.2) is 40.8 Å². The average molecular weight is 402 g/mol. The Morgan fingerprint density at radius 3 is 2.70 bits per heavy atom. The molecular weight excluding hydrogens is 382 g/mol. The van der Waals surface area contributed by atoms with Gasteiger partial charge < -0.3 is 4.98 Å². The van der Waals surface area contributed by atoms with E-state index in [0.29, 0.717) is 35.4 Å². The number of benzene rings is 1. The number of H-pyrrole nitrogens is 1. The van der Waals surface area contributed by atoms with E-state index in [-0.39, 0.29) is 4.90 Å². The summed E-state index contributed by atoms with van der Waals surface area (Å²) >= 11 is 1.46. The Morgan fingerprint density at radius 1 is 1.22 bits per heavy atom. The number of thioether (sulfide) groups is 1. The molecule has 2 aromatic heterocycles. The van der Waals surface area contributed by atoms with Crippen LogP contribution in [0.1, 0.15) is 25.2 Å². The molecule has 0 spiro atoms. The van der Waals surface area contributed by atoms with Crippen LogP contribution in [0.2, 0.25) is 0 Å². The lowest BCUT2D eigenvalue weighted by molar-refractivity contribution is 0.445. The summed E-state index contributed by atoms with van der Waals surface area (Å²) in [5.41, 5.74) is 1.95. The van der Waals surface area contributed by atoms with Crippen LogP contribution in [0.5, 0.6) is 0 Å². The number of imidazole rings is 1. The molecule has 9 heteroatoms. The normalized spacial score (nSPS) is 11.8. The maximum absolute atomic E-state index is 12.7. The maximum Gasteiger partial charge on any atom is 0.243 e. The van der Waals surface area contributed by atoms with Crippen LogP contribution < -0.4 is 0 Å². The third kappa shape index (κ3) is 4.13. The number of hydrogen-bond acceptors (Lipinski definition) is 6. The van der Waals surface area contributed by atoms with E-state index in [1.54, 1.807) is 36.5 Å². The van der Waals surface area contributed by atoms with Gasteiger partial charge in [0, 0.05) is 19.3 Å². The second kappa shape index (κ2) is 8.08. The molecule has 0 aliphatic rings. The molecule has 0 unspecified atom stereocenters. The van der Waals surface area contributed by atoms with Crippen molar-refractivity contribution in [2.75, 3.05) is 13.1 Å². The summed E-state index contributed by atoms with van der Waals surface area (Å²) in [5, 5.41) is 9.69. The standard InChI is InChI=1S/C18H19N5O2S2/c1-3-23(4-2)27(24,25)14-5-6-15-16(10-14)22-17(21-15)12-26-18-9-13(11-19)7-8-20-18/h5-10H,3-4,12H2,1-2H3,(H,21,22). The number of sulfonamides is 1. The molecule has 0 aliphatic heterocycles. The molecule has 1 N–H and O–H groups in total. The Hall–Kier alpha value is -2.41. The van der Waals surface area contributed by atoms with Crippen LogP contribution in [0.15, 0.2) is 46.5 Å². The molecule has 3 aromatic rings. The van der Waals surface area contributed by atoms with Gasteiger partial charge in [-0.15, -0.1) is 0 Å². The Labute approximate surface area is 162 Å². The van der Waals surface area contributed by atoms with Crippen molar-refractivity contribution in [1.82, 2.24) is 19.3 Å². The molecule has 7 nitrogen and oxygen atoms in total. The lowest BCUT2D eigenvalue weighted by Crippen LogP contribution is -2.30. The summed E-state index contributed by atoms with van der Waals surface area (Å²) < 4.78 is 26.8. The molecule has 0 saturated carbocycles. The highest BCUT2D eigenvalue weighted by Gasteiger charge is 2.22. The Bertz CT molecular complexity index is 1100. The molecule has 0 saturated heterocycles. The number of pyridine rings is 1. The van der Waals surface area contributed by atoms with Crippen molar-refractivity contribution in [2.24, 2.45) is 0 Å². The summed E-state index contributed by atoms with van der Waals surface area (Å²) in [6.45, 7) is 4.49. The summed E-state index contributed by atoms with van der Waals surface area (Å²) in [5.74, 6) is 1.26. The molecule has 2 heterocycles. The van der Waals surface area contributed by atoms with Gasteiger partial charge in [0.15, 0.2) is 0 Å². The molecular formula is C18H19N5O2S2. The minimum Gasteiger partial charge on any atom is -0.341 e. The Morgan fingerprint density at radius 2 is 2.00 bits per heavy atom. The number of rotatable bonds is 7. The summed E-state index contributed by atoms with van der Waals surface area (Å²) in [4.78, 5) is 12.2. The quantitative estimate of drug-likeness (QED) is 0.610. The van der Waals surface area contributed by atoms with E-state index >= 15 is 0 Å². The van der Waals surface area contributed by atoms with Crippen molar-refractivity contribution in [3.8, 4) is 6.07 Å². The van der Waals surface area contributed by atoms with Gasteiger partial charge in [0.05, 0.1) is 38.3 Å². The van der Waals surface area contributed by atoms with Crippen molar-refractivity contribution < 1.29 is 8.42 Å². The molecule has 3 rings (SSSR count). The fraction of sp³-hybridized carbons (Fsp3) is 0.278. The first kappa shape index (κ1) is 19.4. The first-order chi connectivity index (χ1) is 13.0. The lowest BCUT2D eigenvalue weighted by Gasteiger charge is -2.18. The van der Waals surface area contributed by atoms with Gasteiger partial charge in [-0.25, -0.2) is 18.4 Å². The van der Waals surface area contributed by atoms with Crippen LogP contribution in [-0.2, 0) is 15.8 Å². The molecule has 1 aromatic carbocycles. The van der Waals surface area contributed by atoms with E-state index in [4.69, 9.17) is 5.26 Å². The van der Waals surface area contributed by atoms with Crippen molar-refractivity contribution in [3.63, 3.8) is 0 Å². The van der Waals surface area contributed by atoms with Crippen molar-refractivity contribution in [2.45, 2.75) is 29.5 Å². The molecule has 0 aliphatic carbocycles. The smallest absolute Gasteiger partial charge is 0.243 e. The highest BCUT2D eigenvalue weighted by atomic mass is 32.2. The van der Waals surface area contributed by atoms with Gasteiger partial charge in [0.25, 0.3) is 0 Å². The first-order valence-electron chi connectivity index (χ1n) is 8.45. The first-order valence-corrected chi connectivity index (χ1v) is 10.9. The minimum atomic E-state index is -3.51. The van der Waals surface area contributed by atoms with Crippen LogP contribution in [0.4, 0.5) is 0 Å². The van der Waals surface area contributed by atoms with Crippen LogP contribution >= 0.6 is 11.8 Å².